The van der Waals surface area contributed by atoms with Gasteiger partial charge in [-0.2, -0.15) is 8.78 Å². The van der Waals surface area contributed by atoms with Crippen LogP contribution in [-0.2, 0) is 0 Å². The molecular weight excluding hydrogens is 168 g/mol. The first-order valence-corrected chi connectivity index (χ1v) is 3.23. The molecule has 0 fully saturated rings. The van der Waals surface area contributed by atoms with Crippen molar-refractivity contribution >= 4 is 5.97 Å². The monoisotopic (exact) mass is 175 g/mol. The van der Waals surface area contributed by atoms with Crippen LogP contribution in [0.2, 0.25) is 0 Å². The van der Waals surface area contributed by atoms with Gasteiger partial charge in [0.25, 0.3) is 0 Å². The summed E-state index contributed by atoms with van der Waals surface area (Å²) in [5.74, 6) is -1.19. The lowest BCUT2D eigenvalue weighted by Crippen LogP contribution is -2.02. The van der Waals surface area contributed by atoms with Crippen molar-refractivity contribution in [1.29, 1.82) is 0 Å². The van der Waals surface area contributed by atoms with Gasteiger partial charge in [0, 0.05) is 11.9 Å². The number of aromatic carboxylic acids is 1. The highest BCUT2D eigenvalue weighted by molar-refractivity contribution is 5.88. The molecule has 1 rings (SSSR count). The number of halogens is 2. The molecule has 1 aromatic rings. The molecule has 1 heterocycles. The third-order valence-electron chi connectivity index (χ3n) is 1.62. The van der Waals surface area contributed by atoms with E-state index in [4.69, 9.17) is 5.11 Å². The largest absolute Gasteiger partial charge is 0.478 e. The summed E-state index contributed by atoms with van der Waals surface area (Å²) in [6.07, 6.45) is 1.06. The summed E-state index contributed by atoms with van der Waals surface area (Å²) in [6.45, 7) is -1.34. The Balaban J connectivity index is 3.13. The van der Waals surface area contributed by atoms with Crippen LogP contribution >= 0.6 is 0 Å². The highest BCUT2D eigenvalue weighted by atomic mass is 19.3. The fourth-order valence-corrected chi connectivity index (χ4v) is 0.964. The van der Waals surface area contributed by atoms with Gasteiger partial charge in [0.05, 0.1) is 5.56 Å². The molecule has 0 amide bonds. The van der Waals surface area contributed by atoms with Crippen LogP contribution in [0.15, 0.2) is 12.3 Å². The number of carboxylic acids is 1. The zero-order valence-corrected chi connectivity index (χ0v) is 6.29. The van der Waals surface area contributed by atoms with E-state index in [0.29, 0.717) is 4.57 Å². The lowest BCUT2D eigenvalue weighted by atomic mass is 10.3. The normalized spacial score (nSPS) is 10.7. The number of carboxylic acid groups (broad SMARTS) is 1. The Labute approximate surface area is 67.2 Å². The minimum absolute atomic E-state index is 0.0671. The van der Waals surface area contributed by atoms with E-state index < -0.39 is 12.5 Å². The van der Waals surface area contributed by atoms with E-state index in [1.54, 1.807) is 0 Å². The topological polar surface area (TPSA) is 42.2 Å². The standard InChI is InChI=1S/C7H7F2NO2/c1-4-5(6(11)12)2-3-10(4)7(8)9/h2-3,7H,1H3,(H,11,12). The van der Waals surface area contributed by atoms with Crippen LogP contribution in [0.25, 0.3) is 0 Å². The van der Waals surface area contributed by atoms with E-state index in [0.717, 1.165) is 12.3 Å². The van der Waals surface area contributed by atoms with Crippen molar-refractivity contribution in [2.24, 2.45) is 0 Å². The quantitative estimate of drug-likeness (QED) is 0.745. The van der Waals surface area contributed by atoms with Gasteiger partial charge in [0.2, 0.25) is 0 Å². The number of hydrogen-bond acceptors (Lipinski definition) is 1. The second kappa shape index (κ2) is 2.92. The van der Waals surface area contributed by atoms with Gasteiger partial charge in [-0.25, -0.2) is 4.79 Å². The molecule has 0 aliphatic carbocycles. The lowest BCUT2D eigenvalue weighted by molar-refractivity contribution is 0.0662. The maximum absolute atomic E-state index is 12.1. The maximum Gasteiger partial charge on any atom is 0.337 e. The first-order valence-electron chi connectivity index (χ1n) is 3.23. The summed E-state index contributed by atoms with van der Waals surface area (Å²) in [5.41, 5.74) is -0.0206. The van der Waals surface area contributed by atoms with Crippen molar-refractivity contribution in [2.45, 2.75) is 13.5 Å². The fraction of sp³-hybridized carbons (Fsp3) is 0.286. The summed E-state index contributed by atoms with van der Waals surface area (Å²) < 4.78 is 24.8. The van der Waals surface area contributed by atoms with Gasteiger partial charge in [-0.3, -0.25) is 4.57 Å². The molecule has 0 atom stereocenters. The Morgan fingerprint density at radius 1 is 1.67 bits per heavy atom. The summed E-state index contributed by atoms with van der Waals surface area (Å²) in [6, 6.07) is 1.16. The molecule has 0 saturated heterocycles. The molecule has 1 N–H and O–H groups in total. The molecule has 0 bridgehead atoms. The molecule has 66 valence electrons. The fourth-order valence-electron chi connectivity index (χ4n) is 0.964. The number of rotatable bonds is 2. The van der Waals surface area contributed by atoms with E-state index in [-0.39, 0.29) is 11.3 Å². The van der Waals surface area contributed by atoms with Crippen molar-refractivity contribution in [1.82, 2.24) is 4.57 Å². The number of alkyl halides is 2. The number of aromatic nitrogens is 1. The average molecular weight is 175 g/mol. The average Bonchev–Trinajstić information content (AvgIpc) is 2.30. The second-order valence-electron chi connectivity index (χ2n) is 2.30. The molecule has 0 aliphatic heterocycles. The number of carbonyl (C=O) groups is 1. The van der Waals surface area contributed by atoms with Gasteiger partial charge in [-0.15, -0.1) is 0 Å². The molecule has 3 nitrogen and oxygen atoms in total. The highest BCUT2D eigenvalue weighted by Crippen LogP contribution is 2.17. The van der Waals surface area contributed by atoms with Crippen LogP contribution in [0.3, 0.4) is 0 Å². The molecule has 12 heavy (non-hydrogen) atoms. The minimum Gasteiger partial charge on any atom is -0.478 e. The smallest absolute Gasteiger partial charge is 0.337 e. The molecule has 1 aromatic heterocycles. The Kier molecular flexibility index (Phi) is 2.12. The van der Waals surface area contributed by atoms with Crippen molar-refractivity contribution in [2.75, 3.05) is 0 Å². The van der Waals surface area contributed by atoms with Crippen molar-refractivity contribution in [3.63, 3.8) is 0 Å². The van der Waals surface area contributed by atoms with Crippen molar-refractivity contribution in [3.8, 4) is 0 Å². The van der Waals surface area contributed by atoms with Crippen LogP contribution < -0.4 is 0 Å². The number of nitrogens with zero attached hydrogens (tertiary/aromatic N) is 1. The predicted octanol–water partition coefficient (Wildman–Crippen LogP) is 1.89. The Morgan fingerprint density at radius 2 is 2.25 bits per heavy atom. The van der Waals surface area contributed by atoms with Crippen LogP contribution in [0.1, 0.15) is 22.6 Å². The third kappa shape index (κ3) is 1.30. The lowest BCUT2D eigenvalue weighted by Gasteiger charge is -2.03. The van der Waals surface area contributed by atoms with Crippen LogP contribution in [0.5, 0.6) is 0 Å². The highest BCUT2D eigenvalue weighted by Gasteiger charge is 2.15. The van der Waals surface area contributed by atoms with Crippen LogP contribution in [0, 0.1) is 6.92 Å². The maximum atomic E-state index is 12.1. The van der Waals surface area contributed by atoms with E-state index >= 15 is 0 Å². The summed E-state index contributed by atoms with van der Waals surface area (Å²) in [4.78, 5) is 10.4. The van der Waals surface area contributed by atoms with Gasteiger partial charge in [-0.05, 0) is 13.0 Å². The molecule has 0 aliphatic rings. The van der Waals surface area contributed by atoms with E-state index in [9.17, 15) is 13.6 Å². The zero-order valence-electron chi connectivity index (χ0n) is 6.29. The van der Waals surface area contributed by atoms with E-state index in [1.165, 1.54) is 6.92 Å². The molecule has 0 saturated carbocycles. The first-order chi connectivity index (χ1) is 5.54. The molecule has 0 aromatic carbocycles. The molecule has 0 unspecified atom stereocenters. The molecule has 0 spiro atoms. The van der Waals surface area contributed by atoms with Crippen LogP contribution in [0.4, 0.5) is 8.78 Å². The van der Waals surface area contributed by atoms with Gasteiger partial charge in [-0.1, -0.05) is 0 Å². The van der Waals surface area contributed by atoms with Gasteiger partial charge >= 0.3 is 12.5 Å². The SMILES string of the molecule is Cc1c(C(=O)O)ccn1C(F)F. The van der Waals surface area contributed by atoms with Gasteiger partial charge in [0.1, 0.15) is 0 Å². The first kappa shape index (κ1) is 8.70. The third-order valence-corrected chi connectivity index (χ3v) is 1.62. The summed E-state index contributed by atoms with van der Waals surface area (Å²) >= 11 is 0. The van der Waals surface area contributed by atoms with E-state index in [2.05, 4.69) is 0 Å². The van der Waals surface area contributed by atoms with E-state index in [1.807, 2.05) is 0 Å². The van der Waals surface area contributed by atoms with Crippen LogP contribution in [-0.4, -0.2) is 15.6 Å². The Morgan fingerprint density at radius 3 is 2.50 bits per heavy atom. The van der Waals surface area contributed by atoms with Crippen molar-refractivity contribution < 1.29 is 18.7 Å². The molecular formula is C7H7F2NO2. The Hall–Kier alpha value is -1.39. The second-order valence-corrected chi connectivity index (χ2v) is 2.30. The number of hydrogen-bond donors (Lipinski definition) is 1. The zero-order chi connectivity index (χ0) is 9.30. The molecule has 5 heteroatoms. The minimum atomic E-state index is -2.68. The Bertz CT molecular complexity index is 306. The van der Waals surface area contributed by atoms with Gasteiger partial charge in [0.15, 0.2) is 0 Å². The van der Waals surface area contributed by atoms with Gasteiger partial charge < -0.3 is 5.11 Å². The summed E-state index contributed by atoms with van der Waals surface area (Å²) in [7, 11) is 0. The molecule has 0 radical (unpaired) electrons. The summed E-state index contributed by atoms with van der Waals surface area (Å²) in [5, 5.41) is 8.50. The predicted molar refractivity (Wildman–Crippen MR) is 37.4 cm³/mol. The van der Waals surface area contributed by atoms with Crippen molar-refractivity contribution in [3.05, 3.63) is 23.5 Å².